The number of fused-ring (bicyclic) bond motifs is 3. The van der Waals surface area contributed by atoms with Gasteiger partial charge in [0.05, 0.1) is 0 Å². The van der Waals surface area contributed by atoms with Gasteiger partial charge in [-0.15, -0.1) is 0 Å². The van der Waals surface area contributed by atoms with Crippen LogP contribution >= 0.6 is 0 Å². The Labute approximate surface area is 205 Å². The number of rotatable bonds is 10. The highest BCUT2D eigenvalue weighted by atomic mass is 16.5. The maximum absolute atomic E-state index is 12.6. The molecule has 0 spiro atoms. The first-order valence-corrected chi connectivity index (χ1v) is 12.2. The first kappa shape index (κ1) is 24.7. The number of alkyl carbamates (subject to hydrolysis) is 1. The van der Waals surface area contributed by atoms with Crippen molar-refractivity contribution in [1.82, 2.24) is 10.6 Å². The van der Waals surface area contributed by atoms with E-state index in [4.69, 9.17) is 14.6 Å². The summed E-state index contributed by atoms with van der Waals surface area (Å²) in [6, 6.07) is 16.3. The highest BCUT2D eigenvalue weighted by Crippen LogP contribution is 2.44. The highest BCUT2D eigenvalue weighted by molar-refractivity contribution is 5.82. The van der Waals surface area contributed by atoms with Crippen molar-refractivity contribution in [2.45, 2.75) is 38.2 Å². The van der Waals surface area contributed by atoms with Crippen LogP contribution in [0, 0.1) is 11.8 Å². The lowest BCUT2D eigenvalue weighted by atomic mass is 9.98. The molecule has 2 aliphatic rings. The van der Waals surface area contributed by atoms with Gasteiger partial charge in [-0.3, -0.25) is 9.59 Å². The number of hydrogen-bond donors (Lipinski definition) is 3. The lowest BCUT2D eigenvalue weighted by Crippen LogP contribution is -2.43. The van der Waals surface area contributed by atoms with E-state index in [1.165, 1.54) is 11.1 Å². The van der Waals surface area contributed by atoms with Crippen LogP contribution in [0.3, 0.4) is 0 Å². The molecule has 3 N–H and O–H groups in total. The van der Waals surface area contributed by atoms with Crippen LogP contribution < -0.4 is 10.6 Å². The molecule has 8 nitrogen and oxygen atoms in total. The molecule has 2 aromatic carbocycles. The predicted octanol–water partition coefficient (Wildman–Crippen LogP) is 3.55. The molecule has 1 aliphatic carbocycles. The molecular formula is C27H32N2O6. The van der Waals surface area contributed by atoms with Gasteiger partial charge in [0.15, 0.2) is 0 Å². The SMILES string of the molecule is CCC(CNC(=O)[C@H]1OCC[C@H]1CNC(=O)OCC1c2ccccc2-c2ccccc21)CC(=O)O. The van der Waals surface area contributed by atoms with Crippen molar-refractivity contribution in [3.05, 3.63) is 59.7 Å². The van der Waals surface area contributed by atoms with Gasteiger partial charge in [0, 0.05) is 38.0 Å². The third-order valence-corrected chi connectivity index (χ3v) is 6.93. The third kappa shape index (κ3) is 5.82. The number of amides is 2. The Morgan fingerprint density at radius 2 is 1.71 bits per heavy atom. The number of aliphatic carboxylic acids is 1. The second-order valence-electron chi connectivity index (χ2n) is 9.16. The monoisotopic (exact) mass is 480 g/mol. The molecular weight excluding hydrogens is 448 g/mol. The Hall–Kier alpha value is -3.39. The van der Waals surface area contributed by atoms with Crippen LogP contribution in [0.1, 0.15) is 43.2 Å². The molecule has 186 valence electrons. The van der Waals surface area contributed by atoms with E-state index in [2.05, 4.69) is 34.9 Å². The lowest BCUT2D eigenvalue weighted by Gasteiger charge is -2.20. The molecule has 1 aliphatic heterocycles. The van der Waals surface area contributed by atoms with Gasteiger partial charge in [-0.25, -0.2) is 4.79 Å². The molecule has 0 radical (unpaired) electrons. The van der Waals surface area contributed by atoms with Crippen LogP contribution in [-0.2, 0) is 19.1 Å². The number of carboxylic acids is 1. The number of hydrogen-bond acceptors (Lipinski definition) is 5. The van der Waals surface area contributed by atoms with Gasteiger partial charge in [-0.1, -0.05) is 61.9 Å². The van der Waals surface area contributed by atoms with Crippen molar-refractivity contribution < 1.29 is 29.0 Å². The fraction of sp³-hybridized carbons (Fsp3) is 0.444. The lowest BCUT2D eigenvalue weighted by molar-refractivity contribution is -0.138. The van der Waals surface area contributed by atoms with Crippen LogP contribution in [0.2, 0.25) is 0 Å². The summed E-state index contributed by atoms with van der Waals surface area (Å²) in [6.07, 6.45) is 0.116. The maximum Gasteiger partial charge on any atom is 0.407 e. The Balaban J connectivity index is 1.26. The fourth-order valence-electron chi connectivity index (χ4n) is 4.95. The molecule has 4 rings (SSSR count). The van der Waals surface area contributed by atoms with Gasteiger partial charge >= 0.3 is 12.1 Å². The van der Waals surface area contributed by atoms with Crippen molar-refractivity contribution in [3.8, 4) is 11.1 Å². The zero-order valence-electron chi connectivity index (χ0n) is 19.9. The number of ether oxygens (including phenoxy) is 2. The van der Waals surface area contributed by atoms with Gasteiger partial charge in [-0.2, -0.15) is 0 Å². The molecule has 1 unspecified atom stereocenters. The first-order valence-electron chi connectivity index (χ1n) is 12.2. The van der Waals surface area contributed by atoms with Gasteiger partial charge in [0.2, 0.25) is 5.91 Å². The largest absolute Gasteiger partial charge is 0.481 e. The standard InChI is InChI=1S/C27H32N2O6/c1-2-17(13-24(30)31)14-28-26(32)25-18(11-12-34-25)15-29-27(33)35-16-23-21-9-5-3-7-19(21)20-8-4-6-10-22(20)23/h3-10,17-18,23,25H,2,11-16H2,1H3,(H,28,32)(H,29,33)(H,30,31)/t17?,18-,25-/m0/s1. The number of carbonyl (C=O) groups is 3. The predicted molar refractivity (Wildman–Crippen MR) is 130 cm³/mol. The van der Waals surface area contributed by atoms with E-state index in [0.29, 0.717) is 19.4 Å². The first-order chi connectivity index (χ1) is 17.0. The molecule has 8 heteroatoms. The Morgan fingerprint density at radius 1 is 1.06 bits per heavy atom. The summed E-state index contributed by atoms with van der Waals surface area (Å²) in [4.78, 5) is 36.0. The van der Waals surface area contributed by atoms with Crippen LogP contribution in [-0.4, -0.2) is 55.5 Å². The average molecular weight is 481 g/mol. The van der Waals surface area contributed by atoms with E-state index < -0.39 is 18.2 Å². The molecule has 2 amide bonds. The number of carboxylic acid groups (broad SMARTS) is 1. The smallest absolute Gasteiger partial charge is 0.407 e. The molecule has 1 fully saturated rings. The van der Waals surface area contributed by atoms with E-state index in [1.807, 2.05) is 31.2 Å². The summed E-state index contributed by atoms with van der Waals surface area (Å²) in [5, 5.41) is 14.6. The van der Waals surface area contributed by atoms with Gasteiger partial charge < -0.3 is 25.2 Å². The van der Waals surface area contributed by atoms with Crippen LogP contribution in [0.25, 0.3) is 11.1 Å². The molecule has 1 saturated heterocycles. The molecule has 0 aromatic heterocycles. The molecule has 3 atom stereocenters. The molecule has 1 heterocycles. The van der Waals surface area contributed by atoms with Crippen molar-refractivity contribution in [2.24, 2.45) is 11.8 Å². The minimum absolute atomic E-state index is 0.00900. The van der Waals surface area contributed by atoms with E-state index in [1.54, 1.807) is 0 Å². The summed E-state index contributed by atoms with van der Waals surface area (Å²) >= 11 is 0. The third-order valence-electron chi connectivity index (χ3n) is 6.93. The van der Waals surface area contributed by atoms with E-state index >= 15 is 0 Å². The Bertz CT molecular complexity index is 1030. The summed E-state index contributed by atoms with van der Waals surface area (Å²) < 4.78 is 11.2. The zero-order valence-corrected chi connectivity index (χ0v) is 19.9. The summed E-state index contributed by atoms with van der Waals surface area (Å²) in [7, 11) is 0. The minimum atomic E-state index is -0.881. The number of carbonyl (C=O) groups excluding carboxylic acids is 2. The highest BCUT2D eigenvalue weighted by Gasteiger charge is 2.35. The van der Waals surface area contributed by atoms with E-state index in [-0.39, 0.29) is 49.8 Å². The Kier molecular flexibility index (Phi) is 8.02. The molecule has 0 saturated carbocycles. The zero-order chi connectivity index (χ0) is 24.8. The van der Waals surface area contributed by atoms with Crippen molar-refractivity contribution in [2.75, 3.05) is 26.3 Å². The summed E-state index contributed by atoms with van der Waals surface area (Å²) in [6.45, 7) is 3.11. The van der Waals surface area contributed by atoms with Crippen molar-refractivity contribution in [1.29, 1.82) is 0 Å². The summed E-state index contributed by atoms with van der Waals surface area (Å²) in [5.74, 6) is -1.47. The molecule has 2 aromatic rings. The molecule has 35 heavy (non-hydrogen) atoms. The number of benzene rings is 2. The van der Waals surface area contributed by atoms with Gasteiger partial charge in [0.25, 0.3) is 0 Å². The molecule has 0 bridgehead atoms. The summed E-state index contributed by atoms with van der Waals surface area (Å²) in [5.41, 5.74) is 4.64. The average Bonchev–Trinajstić information content (AvgIpc) is 3.46. The fourth-order valence-corrected chi connectivity index (χ4v) is 4.95. The van der Waals surface area contributed by atoms with Crippen LogP contribution in [0.4, 0.5) is 4.79 Å². The van der Waals surface area contributed by atoms with E-state index in [0.717, 1.165) is 11.1 Å². The second-order valence-corrected chi connectivity index (χ2v) is 9.16. The van der Waals surface area contributed by atoms with E-state index in [9.17, 15) is 14.4 Å². The van der Waals surface area contributed by atoms with Crippen molar-refractivity contribution >= 4 is 18.0 Å². The second kappa shape index (κ2) is 11.4. The minimum Gasteiger partial charge on any atom is -0.481 e. The normalized spacial score (nSPS) is 19.5. The van der Waals surface area contributed by atoms with Crippen molar-refractivity contribution in [3.63, 3.8) is 0 Å². The quantitative estimate of drug-likeness (QED) is 0.479. The van der Waals surface area contributed by atoms with Gasteiger partial charge in [-0.05, 0) is 34.6 Å². The van der Waals surface area contributed by atoms with Crippen LogP contribution in [0.15, 0.2) is 48.5 Å². The number of nitrogens with one attached hydrogen (secondary N) is 2. The van der Waals surface area contributed by atoms with Gasteiger partial charge in [0.1, 0.15) is 12.7 Å². The topological polar surface area (TPSA) is 114 Å². The maximum atomic E-state index is 12.6. The Morgan fingerprint density at radius 3 is 2.34 bits per heavy atom. The van der Waals surface area contributed by atoms with Crippen LogP contribution in [0.5, 0.6) is 0 Å².